The van der Waals surface area contributed by atoms with Crippen LogP contribution in [0.25, 0.3) is 0 Å². The summed E-state index contributed by atoms with van der Waals surface area (Å²) < 4.78 is 0. The molecule has 0 aromatic rings. The van der Waals surface area contributed by atoms with Crippen molar-refractivity contribution >= 4 is 17.7 Å². The third-order valence-electron chi connectivity index (χ3n) is 5.60. The van der Waals surface area contributed by atoms with Crippen LogP contribution in [0.1, 0.15) is 39.5 Å². The number of amides is 3. The second-order valence-electron chi connectivity index (χ2n) is 8.18. The molecule has 2 aliphatic rings. The standard InChI is InChI=1S/C19H34N4O3/c1-6-23(19(26)20-13(2)11-21(3)4)18(25)15-9-14-10-16(24)7-8-17(14)22(5)12-15/h13-15,17H,6-12H2,1-5H3,(H,20,26)/t13-,14+,15+,17+/m0/s1. The Morgan fingerprint density at radius 1 is 1.35 bits per heavy atom. The van der Waals surface area contributed by atoms with Crippen LogP contribution in [-0.4, -0.2) is 85.3 Å². The first kappa shape index (κ1) is 20.8. The Kier molecular flexibility index (Phi) is 7.17. The molecular weight excluding hydrogens is 332 g/mol. The highest BCUT2D eigenvalue weighted by molar-refractivity contribution is 5.96. The number of imide groups is 1. The molecule has 26 heavy (non-hydrogen) atoms. The number of hydrogen-bond acceptors (Lipinski definition) is 5. The van der Waals surface area contributed by atoms with Crippen molar-refractivity contribution in [3.8, 4) is 0 Å². The molecule has 0 bridgehead atoms. The highest BCUT2D eigenvalue weighted by atomic mass is 16.2. The van der Waals surface area contributed by atoms with Gasteiger partial charge in [-0.05, 0) is 53.8 Å². The molecule has 0 aromatic carbocycles. The summed E-state index contributed by atoms with van der Waals surface area (Å²) in [7, 11) is 5.93. The van der Waals surface area contributed by atoms with Crippen LogP contribution >= 0.6 is 0 Å². The number of fused-ring (bicyclic) bond motifs is 1. The van der Waals surface area contributed by atoms with Crippen molar-refractivity contribution in [1.82, 2.24) is 20.0 Å². The van der Waals surface area contributed by atoms with Gasteiger partial charge >= 0.3 is 6.03 Å². The van der Waals surface area contributed by atoms with Crippen LogP contribution in [-0.2, 0) is 9.59 Å². The van der Waals surface area contributed by atoms with Crippen molar-refractivity contribution in [2.24, 2.45) is 11.8 Å². The van der Waals surface area contributed by atoms with Gasteiger partial charge in [0.1, 0.15) is 5.78 Å². The number of Topliss-reactive ketones (excluding diaryl/α,β-unsaturated/α-hetero) is 1. The molecule has 1 aliphatic heterocycles. The first-order valence-corrected chi connectivity index (χ1v) is 9.71. The number of carbonyl (C=O) groups excluding carboxylic acids is 3. The minimum atomic E-state index is -0.323. The quantitative estimate of drug-likeness (QED) is 0.791. The summed E-state index contributed by atoms with van der Waals surface area (Å²) >= 11 is 0. The Balaban J connectivity index is 2.00. The number of likely N-dealkylation sites (tertiary alicyclic amines) is 1. The lowest BCUT2D eigenvalue weighted by Crippen LogP contribution is -2.56. The Bertz CT molecular complexity index is 537. The van der Waals surface area contributed by atoms with E-state index in [1.807, 2.05) is 39.9 Å². The fraction of sp³-hybridized carbons (Fsp3) is 0.842. The first-order valence-electron chi connectivity index (χ1n) is 9.71. The van der Waals surface area contributed by atoms with Crippen LogP contribution in [0.15, 0.2) is 0 Å². The molecule has 0 spiro atoms. The van der Waals surface area contributed by atoms with Gasteiger partial charge in [-0.15, -0.1) is 0 Å². The third-order valence-corrected chi connectivity index (χ3v) is 5.60. The van der Waals surface area contributed by atoms with E-state index >= 15 is 0 Å². The van der Waals surface area contributed by atoms with Gasteiger partial charge in [-0.1, -0.05) is 0 Å². The topological polar surface area (TPSA) is 73.0 Å². The van der Waals surface area contributed by atoms with Gasteiger partial charge in [-0.2, -0.15) is 0 Å². The average molecular weight is 367 g/mol. The highest BCUT2D eigenvalue weighted by Gasteiger charge is 2.42. The van der Waals surface area contributed by atoms with Crippen LogP contribution < -0.4 is 5.32 Å². The van der Waals surface area contributed by atoms with Crippen molar-refractivity contribution in [2.45, 2.75) is 51.6 Å². The van der Waals surface area contributed by atoms with E-state index < -0.39 is 0 Å². The molecule has 1 saturated heterocycles. The lowest BCUT2D eigenvalue weighted by molar-refractivity contribution is -0.138. The summed E-state index contributed by atoms with van der Waals surface area (Å²) in [5, 5.41) is 2.91. The van der Waals surface area contributed by atoms with Crippen LogP contribution in [0.5, 0.6) is 0 Å². The molecule has 1 aliphatic carbocycles. The van der Waals surface area contributed by atoms with Crippen LogP contribution in [0.3, 0.4) is 0 Å². The number of nitrogens with zero attached hydrogens (tertiary/aromatic N) is 3. The number of piperidine rings is 1. The fourth-order valence-corrected chi connectivity index (χ4v) is 4.50. The van der Waals surface area contributed by atoms with Gasteiger partial charge in [0.2, 0.25) is 5.91 Å². The molecule has 1 saturated carbocycles. The normalized spacial score (nSPS) is 27.8. The fourth-order valence-electron chi connectivity index (χ4n) is 4.50. The molecule has 2 fully saturated rings. The molecule has 0 aromatic heterocycles. The van der Waals surface area contributed by atoms with Crippen LogP contribution in [0, 0.1) is 11.8 Å². The summed E-state index contributed by atoms with van der Waals surface area (Å²) in [5.74, 6) is 0.195. The number of urea groups is 1. The number of rotatable bonds is 5. The highest BCUT2D eigenvalue weighted by Crippen LogP contribution is 2.36. The minimum absolute atomic E-state index is 0.0336. The van der Waals surface area contributed by atoms with Gasteiger partial charge in [0.25, 0.3) is 0 Å². The van der Waals surface area contributed by atoms with E-state index in [9.17, 15) is 14.4 Å². The van der Waals surface area contributed by atoms with Gasteiger partial charge in [-0.3, -0.25) is 14.5 Å². The van der Waals surface area contributed by atoms with E-state index in [0.29, 0.717) is 44.2 Å². The maximum atomic E-state index is 13.0. The van der Waals surface area contributed by atoms with E-state index in [2.05, 4.69) is 10.2 Å². The van der Waals surface area contributed by atoms with Crippen LogP contribution in [0.4, 0.5) is 4.79 Å². The predicted octanol–water partition coefficient (Wildman–Crippen LogP) is 1.18. The van der Waals surface area contributed by atoms with Crippen molar-refractivity contribution in [3.63, 3.8) is 0 Å². The molecule has 4 atom stereocenters. The molecule has 148 valence electrons. The van der Waals surface area contributed by atoms with Gasteiger partial charge in [0, 0.05) is 44.6 Å². The van der Waals surface area contributed by atoms with Crippen molar-refractivity contribution in [1.29, 1.82) is 0 Å². The van der Waals surface area contributed by atoms with Crippen molar-refractivity contribution < 1.29 is 14.4 Å². The Hall–Kier alpha value is -1.47. The van der Waals surface area contributed by atoms with Gasteiger partial charge in [0.05, 0.1) is 5.92 Å². The zero-order valence-electron chi connectivity index (χ0n) is 16.8. The first-order chi connectivity index (χ1) is 12.2. The summed E-state index contributed by atoms with van der Waals surface area (Å²) in [6.07, 6.45) is 2.81. The number of hydrogen-bond donors (Lipinski definition) is 1. The third kappa shape index (κ3) is 5.04. The Morgan fingerprint density at radius 2 is 2.04 bits per heavy atom. The monoisotopic (exact) mass is 366 g/mol. The second kappa shape index (κ2) is 8.95. The number of ketones is 1. The number of likely N-dealkylation sites (N-methyl/N-ethyl adjacent to an activating group) is 1. The molecule has 0 radical (unpaired) electrons. The molecular formula is C19H34N4O3. The van der Waals surface area contributed by atoms with E-state index in [1.54, 1.807) is 0 Å². The largest absolute Gasteiger partial charge is 0.334 e. The van der Waals surface area contributed by atoms with Gasteiger partial charge < -0.3 is 15.1 Å². The molecule has 2 rings (SSSR count). The molecule has 1 heterocycles. The van der Waals surface area contributed by atoms with E-state index in [-0.39, 0.29) is 29.8 Å². The Labute approximate surface area is 157 Å². The Morgan fingerprint density at radius 3 is 2.65 bits per heavy atom. The minimum Gasteiger partial charge on any atom is -0.334 e. The van der Waals surface area contributed by atoms with Gasteiger partial charge in [0.15, 0.2) is 0 Å². The molecule has 0 unspecified atom stereocenters. The second-order valence-corrected chi connectivity index (χ2v) is 8.18. The summed E-state index contributed by atoms with van der Waals surface area (Å²) in [4.78, 5) is 43.0. The van der Waals surface area contributed by atoms with E-state index in [4.69, 9.17) is 0 Å². The maximum Gasteiger partial charge on any atom is 0.324 e. The number of nitrogens with one attached hydrogen (secondary N) is 1. The lowest BCUT2D eigenvalue weighted by atomic mass is 9.74. The van der Waals surface area contributed by atoms with E-state index in [1.165, 1.54) is 4.90 Å². The van der Waals surface area contributed by atoms with Crippen molar-refractivity contribution in [3.05, 3.63) is 0 Å². The van der Waals surface area contributed by atoms with Crippen molar-refractivity contribution in [2.75, 3.05) is 40.8 Å². The zero-order chi connectivity index (χ0) is 19.4. The number of carbonyl (C=O) groups is 3. The average Bonchev–Trinajstić information content (AvgIpc) is 2.53. The maximum absolute atomic E-state index is 13.0. The smallest absolute Gasteiger partial charge is 0.324 e. The van der Waals surface area contributed by atoms with Crippen LogP contribution in [0.2, 0.25) is 0 Å². The summed E-state index contributed by atoms with van der Waals surface area (Å²) in [6, 6.07) is 0.0332. The molecule has 1 N–H and O–H groups in total. The molecule has 7 heteroatoms. The predicted molar refractivity (Wildman–Crippen MR) is 101 cm³/mol. The molecule has 7 nitrogen and oxygen atoms in total. The zero-order valence-corrected chi connectivity index (χ0v) is 16.8. The molecule has 3 amide bonds. The summed E-state index contributed by atoms with van der Waals surface area (Å²) in [6.45, 7) is 5.49. The SMILES string of the molecule is CCN(C(=O)N[C@@H](C)CN(C)C)C(=O)[C@@H]1C[C@@H]2CC(=O)CC[C@H]2N(C)C1. The summed E-state index contributed by atoms with van der Waals surface area (Å²) in [5.41, 5.74) is 0. The lowest BCUT2D eigenvalue weighted by Gasteiger charge is -2.45. The van der Waals surface area contributed by atoms with E-state index in [0.717, 1.165) is 13.0 Å². The van der Waals surface area contributed by atoms with Gasteiger partial charge in [-0.25, -0.2) is 4.79 Å².